The van der Waals surface area contributed by atoms with Gasteiger partial charge in [0.15, 0.2) is 11.6 Å². The normalized spacial score (nSPS) is 11.7. The van der Waals surface area contributed by atoms with E-state index in [1.54, 1.807) is 27.7 Å². The van der Waals surface area contributed by atoms with E-state index in [2.05, 4.69) is 15.3 Å². The third-order valence-corrected chi connectivity index (χ3v) is 2.82. The van der Waals surface area contributed by atoms with Gasteiger partial charge in [-0.1, -0.05) is 20.8 Å². The Morgan fingerprint density at radius 2 is 1.95 bits per heavy atom. The number of nitrogens with zero attached hydrogens (tertiary/aromatic N) is 2. The molecule has 2 rings (SSSR count). The minimum Gasteiger partial charge on any atom is -0.325 e. The molecule has 4 nitrogen and oxygen atoms in total. The zero-order valence-corrected chi connectivity index (χ0v) is 11.7. The van der Waals surface area contributed by atoms with Crippen molar-refractivity contribution in [2.24, 2.45) is 5.41 Å². The summed E-state index contributed by atoms with van der Waals surface area (Å²) in [6, 6.07) is 0.944. The van der Waals surface area contributed by atoms with E-state index in [-0.39, 0.29) is 22.5 Å². The molecule has 6 heteroatoms. The summed E-state index contributed by atoms with van der Waals surface area (Å²) < 4.78 is 27.4. The number of anilines is 1. The molecule has 0 saturated heterocycles. The molecule has 0 fully saturated rings. The molecule has 1 amide bonds. The average Bonchev–Trinajstić information content (AvgIpc) is 2.34. The van der Waals surface area contributed by atoms with Crippen LogP contribution >= 0.6 is 0 Å². The monoisotopic (exact) mass is 279 g/mol. The first-order chi connectivity index (χ1) is 9.20. The summed E-state index contributed by atoms with van der Waals surface area (Å²) in [5, 5.41) is 2.86. The van der Waals surface area contributed by atoms with Crippen molar-refractivity contribution in [1.29, 1.82) is 0 Å². The molecular formula is C14H15F2N3O. The van der Waals surface area contributed by atoms with Gasteiger partial charge in [0, 0.05) is 23.1 Å². The lowest BCUT2D eigenvalue weighted by Crippen LogP contribution is -2.27. The summed E-state index contributed by atoms with van der Waals surface area (Å²) >= 11 is 0. The Morgan fingerprint density at radius 3 is 2.55 bits per heavy atom. The van der Waals surface area contributed by atoms with Crippen LogP contribution in [0.1, 0.15) is 26.6 Å². The highest BCUT2D eigenvalue weighted by Crippen LogP contribution is 2.28. The van der Waals surface area contributed by atoms with E-state index in [0.29, 0.717) is 5.82 Å². The summed E-state index contributed by atoms with van der Waals surface area (Å²) in [7, 11) is 0. The van der Waals surface area contributed by atoms with Crippen LogP contribution in [0.2, 0.25) is 0 Å². The lowest BCUT2D eigenvalue weighted by atomic mass is 9.95. The number of carbonyl (C=O) groups is 1. The van der Waals surface area contributed by atoms with Gasteiger partial charge in [0.1, 0.15) is 11.3 Å². The first-order valence-corrected chi connectivity index (χ1v) is 6.13. The second-order valence-electron chi connectivity index (χ2n) is 5.60. The summed E-state index contributed by atoms with van der Waals surface area (Å²) in [6.07, 6.45) is 1.37. The minimum atomic E-state index is -1.06. The third kappa shape index (κ3) is 2.59. The van der Waals surface area contributed by atoms with Crippen LogP contribution in [0.4, 0.5) is 14.5 Å². The van der Waals surface area contributed by atoms with Gasteiger partial charge in [-0.2, -0.15) is 0 Å². The number of aromatic nitrogens is 2. The SMILES string of the molecule is Cc1ncc2c(NC(=O)C(C)(C)C)cc(F)c(F)c2n1. The van der Waals surface area contributed by atoms with E-state index in [1.165, 1.54) is 6.20 Å². The molecule has 0 unspecified atom stereocenters. The Morgan fingerprint density at radius 1 is 1.30 bits per heavy atom. The number of nitrogens with one attached hydrogen (secondary N) is 1. The van der Waals surface area contributed by atoms with Crippen molar-refractivity contribution in [2.75, 3.05) is 5.32 Å². The highest BCUT2D eigenvalue weighted by molar-refractivity contribution is 6.02. The van der Waals surface area contributed by atoms with E-state index in [9.17, 15) is 13.6 Å². The number of halogens is 2. The first-order valence-electron chi connectivity index (χ1n) is 6.13. The summed E-state index contributed by atoms with van der Waals surface area (Å²) in [5.41, 5.74) is -0.622. The van der Waals surface area contributed by atoms with Crippen LogP contribution in [0, 0.1) is 24.0 Å². The number of benzene rings is 1. The fraction of sp³-hybridized carbons (Fsp3) is 0.357. The van der Waals surface area contributed by atoms with Crippen LogP contribution in [-0.4, -0.2) is 15.9 Å². The largest absolute Gasteiger partial charge is 0.325 e. The van der Waals surface area contributed by atoms with Gasteiger partial charge in [-0.15, -0.1) is 0 Å². The van der Waals surface area contributed by atoms with E-state index in [1.807, 2.05) is 0 Å². The maximum Gasteiger partial charge on any atom is 0.229 e. The molecule has 1 N–H and O–H groups in total. The molecule has 0 saturated carbocycles. The van der Waals surface area contributed by atoms with Crippen LogP contribution in [0.25, 0.3) is 10.9 Å². The number of hydrogen-bond acceptors (Lipinski definition) is 3. The number of aryl methyl sites for hydroxylation is 1. The Kier molecular flexibility index (Phi) is 3.41. The Bertz CT molecular complexity index is 693. The number of rotatable bonds is 1. The van der Waals surface area contributed by atoms with Crippen molar-refractivity contribution in [2.45, 2.75) is 27.7 Å². The lowest BCUT2D eigenvalue weighted by molar-refractivity contribution is -0.123. The number of carbonyl (C=O) groups excluding carboxylic acids is 1. The van der Waals surface area contributed by atoms with Crippen molar-refractivity contribution in [3.63, 3.8) is 0 Å². The van der Waals surface area contributed by atoms with Crippen LogP contribution in [0.15, 0.2) is 12.3 Å². The first kappa shape index (κ1) is 14.3. The molecule has 20 heavy (non-hydrogen) atoms. The molecule has 1 aromatic carbocycles. The lowest BCUT2D eigenvalue weighted by Gasteiger charge is -2.18. The van der Waals surface area contributed by atoms with Gasteiger partial charge in [0.05, 0.1) is 5.69 Å². The molecule has 0 aliphatic heterocycles. The number of fused-ring (bicyclic) bond motifs is 1. The molecule has 106 valence electrons. The van der Waals surface area contributed by atoms with E-state index >= 15 is 0 Å². The Hall–Kier alpha value is -2.11. The van der Waals surface area contributed by atoms with Crippen LogP contribution in [0.5, 0.6) is 0 Å². The molecule has 1 aromatic heterocycles. The molecule has 1 heterocycles. The average molecular weight is 279 g/mol. The fourth-order valence-electron chi connectivity index (χ4n) is 1.63. The maximum atomic E-state index is 13.8. The minimum absolute atomic E-state index is 0.137. The van der Waals surface area contributed by atoms with Gasteiger partial charge >= 0.3 is 0 Å². The summed E-state index contributed by atoms with van der Waals surface area (Å²) in [5.74, 6) is -2.07. The maximum absolute atomic E-state index is 13.8. The summed E-state index contributed by atoms with van der Waals surface area (Å²) in [4.78, 5) is 19.8. The molecular weight excluding hydrogens is 264 g/mol. The van der Waals surface area contributed by atoms with Gasteiger partial charge in [0.2, 0.25) is 5.91 Å². The predicted molar refractivity (Wildman–Crippen MR) is 72.3 cm³/mol. The van der Waals surface area contributed by atoms with Gasteiger partial charge in [0.25, 0.3) is 0 Å². The Labute approximate surface area is 115 Å². The molecule has 0 aliphatic carbocycles. The molecule has 0 radical (unpaired) electrons. The number of hydrogen-bond donors (Lipinski definition) is 1. The zero-order valence-electron chi connectivity index (χ0n) is 11.7. The topological polar surface area (TPSA) is 54.9 Å². The van der Waals surface area contributed by atoms with Crippen LogP contribution in [0.3, 0.4) is 0 Å². The quantitative estimate of drug-likeness (QED) is 0.872. The zero-order chi connectivity index (χ0) is 15.1. The van der Waals surface area contributed by atoms with Gasteiger partial charge < -0.3 is 5.32 Å². The molecule has 0 aliphatic rings. The molecule has 2 aromatic rings. The van der Waals surface area contributed by atoms with Crippen molar-refractivity contribution in [1.82, 2.24) is 9.97 Å². The standard InChI is InChI=1S/C14H15F2N3O/c1-7-17-6-8-10(19-13(20)14(2,3)4)5-9(15)11(16)12(8)18-7/h5-6H,1-4H3,(H,19,20). The van der Waals surface area contributed by atoms with E-state index in [0.717, 1.165) is 6.07 Å². The van der Waals surface area contributed by atoms with Crippen LogP contribution in [-0.2, 0) is 4.79 Å². The van der Waals surface area contributed by atoms with Gasteiger partial charge in [-0.25, -0.2) is 18.7 Å². The molecule has 0 atom stereocenters. The Balaban J connectivity index is 2.60. The second-order valence-corrected chi connectivity index (χ2v) is 5.60. The third-order valence-electron chi connectivity index (χ3n) is 2.82. The van der Waals surface area contributed by atoms with Crippen molar-refractivity contribution < 1.29 is 13.6 Å². The number of amides is 1. The van der Waals surface area contributed by atoms with Crippen molar-refractivity contribution in [3.8, 4) is 0 Å². The fourth-order valence-corrected chi connectivity index (χ4v) is 1.63. The van der Waals surface area contributed by atoms with Gasteiger partial charge in [-0.05, 0) is 6.92 Å². The van der Waals surface area contributed by atoms with E-state index in [4.69, 9.17) is 0 Å². The highest BCUT2D eigenvalue weighted by atomic mass is 19.2. The predicted octanol–water partition coefficient (Wildman–Crippen LogP) is 3.20. The van der Waals surface area contributed by atoms with E-state index < -0.39 is 17.0 Å². The summed E-state index contributed by atoms with van der Waals surface area (Å²) in [6.45, 7) is 6.76. The smallest absolute Gasteiger partial charge is 0.229 e. The van der Waals surface area contributed by atoms with Crippen LogP contribution < -0.4 is 5.32 Å². The van der Waals surface area contributed by atoms with Crippen molar-refractivity contribution >= 4 is 22.5 Å². The highest BCUT2D eigenvalue weighted by Gasteiger charge is 2.23. The van der Waals surface area contributed by atoms with Crippen molar-refractivity contribution in [3.05, 3.63) is 29.7 Å². The second kappa shape index (κ2) is 4.77. The van der Waals surface area contributed by atoms with Gasteiger partial charge in [-0.3, -0.25) is 4.79 Å². The molecule has 0 spiro atoms. The molecule has 0 bridgehead atoms.